The van der Waals surface area contributed by atoms with Gasteiger partial charge in [-0.25, -0.2) is 9.78 Å². The number of carbonyl (C=O) groups is 2. The van der Waals surface area contributed by atoms with Crippen molar-refractivity contribution in [2.24, 2.45) is 0 Å². The number of halogens is 1. The molecule has 2 rings (SSSR count). The second kappa shape index (κ2) is 6.85. The smallest absolute Gasteiger partial charge is 0.342 e. The minimum atomic E-state index is -0.950. The van der Waals surface area contributed by atoms with Gasteiger partial charge in [0.2, 0.25) is 0 Å². The molecule has 5 nitrogen and oxygen atoms in total. The van der Waals surface area contributed by atoms with E-state index in [1.807, 2.05) is 6.07 Å². The highest BCUT2D eigenvalue weighted by atomic mass is 35.5. The maximum Gasteiger partial charge on any atom is 0.342 e. The molecular formula is C15H13ClN2O3. The SMILES string of the molecule is C[C@H](OC(=O)c1cccnc1Cl)C(=O)Nc1ccccc1. The third-order valence-corrected chi connectivity index (χ3v) is 2.97. The summed E-state index contributed by atoms with van der Waals surface area (Å²) < 4.78 is 5.08. The number of rotatable bonds is 4. The van der Waals surface area contributed by atoms with Crippen LogP contribution in [-0.4, -0.2) is 23.0 Å². The van der Waals surface area contributed by atoms with Gasteiger partial charge in [-0.2, -0.15) is 0 Å². The summed E-state index contributed by atoms with van der Waals surface area (Å²) in [5, 5.41) is 2.69. The first-order valence-electron chi connectivity index (χ1n) is 6.25. The summed E-state index contributed by atoms with van der Waals surface area (Å²) in [5.41, 5.74) is 0.753. The van der Waals surface area contributed by atoms with E-state index in [2.05, 4.69) is 10.3 Å². The molecule has 1 N–H and O–H groups in total. The number of nitrogens with one attached hydrogen (secondary N) is 1. The molecule has 6 heteroatoms. The van der Waals surface area contributed by atoms with Crippen LogP contribution in [0.1, 0.15) is 17.3 Å². The Balaban J connectivity index is 1.98. The molecule has 0 aliphatic rings. The Hall–Kier alpha value is -2.40. The summed E-state index contributed by atoms with van der Waals surface area (Å²) in [7, 11) is 0. The van der Waals surface area contributed by atoms with E-state index >= 15 is 0 Å². The van der Waals surface area contributed by atoms with Crippen LogP contribution in [0.15, 0.2) is 48.7 Å². The molecule has 1 amide bonds. The van der Waals surface area contributed by atoms with Crippen LogP contribution in [0.5, 0.6) is 0 Å². The van der Waals surface area contributed by atoms with Crippen LogP contribution >= 0.6 is 11.6 Å². The first kappa shape index (κ1) is 15.0. The van der Waals surface area contributed by atoms with Gasteiger partial charge in [0.1, 0.15) is 5.15 Å². The number of aromatic nitrogens is 1. The maximum atomic E-state index is 11.9. The molecule has 1 heterocycles. The van der Waals surface area contributed by atoms with Gasteiger partial charge in [-0.15, -0.1) is 0 Å². The van der Waals surface area contributed by atoms with Gasteiger partial charge in [0.15, 0.2) is 6.10 Å². The Morgan fingerprint density at radius 1 is 1.19 bits per heavy atom. The van der Waals surface area contributed by atoms with Crippen molar-refractivity contribution >= 4 is 29.2 Å². The largest absolute Gasteiger partial charge is 0.449 e. The Kier molecular flexibility index (Phi) is 4.90. The molecule has 2 aromatic rings. The van der Waals surface area contributed by atoms with Crippen LogP contribution in [0, 0.1) is 0 Å². The van der Waals surface area contributed by atoms with Crippen molar-refractivity contribution in [1.29, 1.82) is 0 Å². The third-order valence-electron chi connectivity index (χ3n) is 2.67. The Morgan fingerprint density at radius 3 is 2.57 bits per heavy atom. The topological polar surface area (TPSA) is 68.3 Å². The van der Waals surface area contributed by atoms with Gasteiger partial charge in [-0.1, -0.05) is 29.8 Å². The van der Waals surface area contributed by atoms with Crippen LogP contribution in [-0.2, 0) is 9.53 Å². The number of amides is 1. The highest BCUT2D eigenvalue weighted by molar-refractivity contribution is 6.32. The molecule has 0 spiro atoms. The van der Waals surface area contributed by atoms with E-state index in [1.54, 1.807) is 30.3 Å². The molecule has 0 saturated carbocycles. The summed E-state index contributed by atoms with van der Waals surface area (Å²) >= 11 is 5.80. The van der Waals surface area contributed by atoms with Crippen molar-refractivity contribution < 1.29 is 14.3 Å². The number of para-hydroxylation sites is 1. The summed E-state index contributed by atoms with van der Waals surface area (Å²) in [6.45, 7) is 1.49. The van der Waals surface area contributed by atoms with Crippen molar-refractivity contribution in [3.8, 4) is 0 Å². The minimum Gasteiger partial charge on any atom is -0.449 e. The van der Waals surface area contributed by atoms with E-state index in [-0.39, 0.29) is 10.7 Å². The van der Waals surface area contributed by atoms with Crippen LogP contribution in [0.2, 0.25) is 5.15 Å². The number of anilines is 1. The van der Waals surface area contributed by atoms with Crippen molar-refractivity contribution in [3.05, 3.63) is 59.4 Å². The lowest BCUT2D eigenvalue weighted by atomic mass is 10.2. The second-order valence-corrected chi connectivity index (χ2v) is 4.60. The van der Waals surface area contributed by atoms with Gasteiger partial charge < -0.3 is 10.1 Å². The van der Waals surface area contributed by atoms with E-state index in [9.17, 15) is 9.59 Å². The van der Waals surface area contributed by atoms with Crippen LogP contribution in [0.25, 0.3) is 0 Å². The molecule has 0 saturated heterocycles. The summed E-state index contributed by atoms with van der Waals surface area (Å²) in [5.74, 6) is -1.11. The zero-order valence-electron chi connectivity index (χ0n) is 11.2. The molecule has 21 heavy (non-hydrogen) atoms. The average Bonchev–Trinajstić information content (AvgIpc) is 2.48. The fourth-order valence-corrected chi connectivity index (χ4v) is 1.78. The van der Waals surface area contributed by atoms with Crippen molar-refractivity contribution in [3.63, 3.8) is 0 Å². The molecular weight excluding hydrogens is 292 g/mol. The lowest BCUT2D eigenvalue weighted by Crippen LogP contribution is -2.30. The van der Waals surface area contributed by atoms with E-state index in [0.717, 1.165) is 0 Å². The zero-order chi connectivity index (χ0) is 15.2. The van der Waals surface area contributed by atoms with Gasteiger partial charge in [-0.3, -0.25) is 4.79 Å². The van der Waals surface area contributed by atoms with Gasteiger partial charge in [-0.05, 0) is 31.2 Å². The molecule has 0 fully saturated rings. The normalized spacial score (nSPS) is 11.5. The lowest BCUT2D eigenvalue weighted by molar-refractivity contribution is -0.123. The first-order chi connectivity index (χ1) is 10.1. The first-order valence-corrected chi connectivity index (χ1v) is 6.63. The molecule has 1 aromatic carbocycles. The summed E-state index contributed by atoms with van der Waals surface area (Å²) in [6, 6.07) is 12.0. The number of pyridine rings is 1. The molecule has 0 radical (unpaired) electrons. The number of benzene rings is 1. The van der Waals surface area contributed by atoms with Crippen LogP contribution in [0.4, 0.5) is 5.69 Å². The predicted octanol–water partition coefficient (Wildman–Crippen LogP) is 2.92. The standard InChI is InChI=1S/C15H13ClN2O3/c1-10(14(19)18-11-6-3-2-4-7-11)21-15(20)12-8-5-9-17-13(12)16/h2-10H,1H3,(H,18,19)/t10-/m0/s1. The van der Waals surface area contributed by atoms with Crippen LogP contribution < -0.4 is 5.32 Å². The highest BCUT2D eigenvalue weighted by Crippen LogP contribution is 2.14. The fraction of sp³-hybridized carbons (Fsp3) is 0.133. The number of esters is 1. The summed E-state index contributed by atoms with van der Waals surface area (Å²) in [4.78, 5) is 27.6. The van der Waals surface area contributed by atoms with Crippen molar-refractivity contribution in [2.75, 3.05) is 5.32 Å². The third kappa shape index (κ3) is 4.03. The van der Waals surface area contributed by atoms with Gasteiger partial charge in [0, 0.05) is 11.9 Å². The van der Waals surface area contributed by atoms with Gasteiger partial charge in [0.25, 0.3) is 5.91 Å². The van der Waals surface area contributed by atoms with Gasteiger partial charge >= 0.3 is 5.97 Å². The molecule has 1 aromatic heterocycles. The minimum absolute atomic E-state index is 0.0400. The Morgan fingerprint density at radius 2 is 1.90 bits per heavy atom. The number of hydrogen-bond acceptors (Lipinski definition) is 4. The van der Waals surface area contributed by atoms with Crippen molar-refractivity contribution in [1.82, 2.24) is 4.98 Å². The Bertz CT molecular complexity index is 646. The van der Waals surface area contributed by atoms with Crippen LogP contribution in [0.3, 0.4) is 0 Å². The van der Waals surface area contributed by atoms with E-state index in [4.69, 9.17) is 16.3 Å². The lowest BCUT2D eigenvalue weighted by Gasteiger charge is -2.13. The molecule has 108 valence electrons. The van der Waals surface area contributed by atoms with E-state index < -0.39 is 18.0 Å². The number of ether oxygens (including phenoxy) is 1. The van der Waals surface area contributed by atoms with Crippen molar-refractivity contribution in [2.45, 2.75) is 13.0 Å². The van der Waals surface area contributed by atoms with E-state index in [1.165, 1.54) is 19.2 Å². The molecule has 0 aliphatic carbocycles. The molecule has 0 unspecified atom stereocenters. The second-order valence-electron chi connectivity index (χ2n) is 4.24. The molecule has 0 bridgehead atoms. The monoisotopic (exact) mass is 304 g/mol. The van der Waals surface area contributed by atoms with Gasteiger partial charge in [0.05, 0.1) is 5.56 Å². The molecule has 1 atom stereocenters. The molecule has 0 aliphatic heterocycles. The Labute approximate surface area is 126 Å². The average molecular weight is 305 g/mol. The number of carbonyl (C=O) groups excluding carboxylic acids is 2. The summed E-state index contributed by atoms with van der Waals surface area (Å²) in [6.07, 6.45) is 0.513. The fourth-order valence-electron chi connectivity index (χ4n) is 1.58. The zero-order valence-corrected chi connectivity index (χ0v) is 12.0. The number of nitrogens with zero attached hydrogens (tertiary/aromatic N) is 1. The predicted molar refractivity (Wildman–Crippen MR) is 79.2 cm³/mol. The number of hydrogen-bond donors (Lipinski definition) is 1. The highest BCUT2D eigenvalue weighted by Gasteiger charge is 2.20. The quantitative estimate of drug-likeness (QED) is 0.696. The maximum absolute atomic E-state index is 11.9. The van der Waals surface area contributed by atoms with E-state index in [0.29, 0.717) is 5.69 Å².